The molecule has 0 heterocycles. The average Bonchev–Trinajstić information content (AvgIpc) is 3.41. The first-order valence-corrected chi connectivity index (χ1v) is 32.4. The van der Waals surface area contributed by atoms with Gasteiger partial charge in [0.25, 0.3) is 0 Å². The van der Waals surface area contributed by atoms with E-state index < -0.39 is 6.10 Å². The summed E-state index contributed by atoms with van der Waals surface area (Å²) in [5, 5.41) is 0. The van der Waals surface area contributed by atoms with Gasteiger partial charge in [0.2, 0.25) is 0 Å². The van der Waals surface area contributed by atoms with E-state index in [1.807, 2.05) is 0 Å². The molecule has 0 spiro atoms. The predicted molar refractivity (Wildman–Crippen MR) is 325 cm³/mol. The van der Waals surface area contributed by atoms with Crippen molar-refractivity contribution in [2.45, 2.75) is 335 Å². The molecule has 0 aliphatic carbocycles. The lowest BCUT2D eigenvalue weighted by atomic mass is 10.0. The van der Waals surface area contributed by atoms with Crippen molar-refractivity contribution < 1.29 is 28.6 Å². The average molecular weight is 1050 g/mol. The Hall–Kier alpha value is -3.15. The van der Waals surface area contributed by atoms with Crippen LogP contribution in [-0.2, 0) is 28.6 Å². The van der Waals surface area contributed by atoms with Crippen LogP contribution < -0.4 is 0 Å². The molecule has 0 aromatic rings. The molecule has 1 unspecified atom stereocenters. The van der Waals surface area contributed by atoms with Gasteiger partial charge in [0.1, 0.15) is 13.2 Å². The minimum atomic E-state index is -0.772. The number of ether oxygens (including phenoxy) is 3. The summed E-state index contributed by atoms with van der Waals surface area (Å²) >= 11 is 0. The van der Waals surface area contributed by atoms with Gasteiger partial charge in [0.05, 0.1) is 0 Å². The summed E-state index contributed by atoms with van der Waals surface area (Å²) < 4.78 is 16.8. The van der Waals surface area contributed by atoms with E-state index in [1.165, 1.54) is 199 Å². The van der Waals surface area contributed by atoms with Gasteiger partial charge in [0.15, 0.2) is 6.10 Å². The van der Waals surface area contributed by atoms with Crippen LogP contribution in [0, 0.1) is 0 Å². The standard InChI is InChI=1S/C69H122O6/c1-4-7-10-13-16-18-20-22-24-26-27-28-29-30-31-32-33-34-35-36-37-38-39-40-41-43-44-46-48-50-53-56-59-62-68(71)74-65-66(64-73-67(70)61-58-55-52-15-12-9-6-3)75-69(72)63-60-57-54-51-49-47-45-42-25-23-21-19-17-14-11-8-5-2/h7,10,16,18,22-25,27-28,30-31,66H,4-6,8-9,11-15,17,19-21,26,29,32-65H2,1-3H3/b10-7-,18-16-,24-22-,25-23-,28-27-,31-30-. The van der Waals surface area contributed by atoms with E-state index in [1.54, 1.807) is 0 Å². The molecule has 434 valence electrons. The lowest BCUT2D eigenvalue weighted by Gasteiger charge is -2.18. The van der Waals surface area contributed by atoms with Gasteiger partial charge in [-0.15, -0.1) is 0 Å². The van der Waals surface area contributed by atoms with Crippen LogP contribution in [0.2, 0.25) is 0 Å². The van der Waals surface area contributed by atoms with Crippen LogP contribution in [0.5, 0.6) is 0 Å². The molecule has 0 rings (SSSR count). The highest BCUT2D eigenvalue weighted by atomic mass is 16.6. The van der Waals surface area contributed by atoms with E-state index in [0.29, 0.717) is 19.3 Å². The van der Waals surface area contributed by atoms with Gasteiger partial charge >= 0.3 is 17.9 Å². The molecule has 6 heteroatoms. The lowest BCUT2D eigenvalue weighted by molar-refractivity contribution is -0.167. The molecule has 0 aliphatic heterocycles. The van der Waals surface area contributed by atoms with Crippen LogP contribution in [0.1, 0.15) is 329 Å². The summed E-state index contributed by atoms with van der Waals surface area (Å²) in [5.41, 5.74) is 0. The maximum Gasteiger partial charge on any atom is 0.306 e. The predicted octanol–water partition coefficient (Wildman–Crippen LogP) is 22.1. The summed E-state index contributed by atoms with van der Waals surface area (Å²) in [7, 11) is 0. The van der Waals surface area contributed by atoms with E-state index >= 15 is 0 Å². The van der Waals surface area contributed by atoms with E-state index in [4.69, 9.17) is 14.2 Å². The van der Waals surface area contributed by atoms with Crippen LogP contribution >= 0.6 is 0 Å². The molecule has 1 atom stereocenters. The first kappa shape index (κ1) is 71.8. The monoisotopic (exact) mass is 1050 g/mol. The number of hydrogen-bond donors (Lipinski definition) is 0. The van der Waals surface area contributed by atoms with E-state index in [-0.39, 0.29) is 31.1 Å². The van der Waals surface area contributed by atoms with Crippen LogP contribution in [0.15, 0.2) is 72.9 Å². The maximum atomic E-state index is 12.8. The fourth-order valence-corrected chi connectivity index (χ4v) is 9.35. The summed E-state index contributed by atoms with van der Waals surface area (Å²) in [6, 6.07) is 0. The zero-order valence-electron chi connectivity index (χ0n) is 49.8. The van der Waals surface area contributed by atoms with E-state index in [0.717, 1.165) is 89.9 Å². The molecule has 0 aromatic heterocycles. The summed E-state index contributed by atoms with van der Waals surface area (Å²) in [6.45, 7) is 6.51. The molecule has 0 saturated carbocycles. The second kappa shape index (κ2) is 63.4. The molecular formula is C69H122O6. The van der Waals surface area contributed by atoms with Crippen molar-refractivity contribution in [3.05, 3.63) is 72.9 Å². The molecule has 0 fully saturated rings. The number of esters is 3. The molecule has 0 radical (unpaired) electrons. The third kappa shape index (κ3) is 61.6. The molecule has 0 aliphatic rings. The molecule has 75 heavy (non-hydrogen) atoms. The fourth-order valence-electron chi connectivity index (χ4n) is 9.35. The molecular weight excluding hydrogens is 925 g/mol. The largest absolute Gasteiger partial charge is 0.462 e. The summed E-state index contributed by atoms with van der Waals surface area (Å²) in [5.74, 6) is -0.868. The Balaban J connectivity index is 4.02. The highest BCUT2D eigenvalue weighted by Crippen LogP contribution is 2.17. The number of unbranched alkanes of at least 4 members (excludes halogenated alkanes) is 36. The second-order valence-corrected chi connectivity index (χ2v) is 21.6. The summed E-state index contributed by atoms with van der Waals surface area (Å²) in [6.07, 6.45) is 82.3. The number of carbonyl (C=O) groups is 3. The number of carbonyl (C=O) groups excluding carboxylic acids is 3. The minimum absolute atomic E-state index is 0.0724. The van der Waals surface area contributed by atoms with Gasteiger partial charge in [-0.25, -0.2) is 0 Å². The van der Waals surface area contributed by atoms with Gasteiger partial charge in [-0.2, -0.15) is 0 Å². The van der Waals surface area contributed by atoms with Crippen molar-refractivity contribution >= 4 is 17.9 Å². The molecule has 0 N–H and O–H groups in total. The Morgan fingerprint density at radius 2 is 0.520 bits per heavy atom. The first-order chi connectivity index (χ1) is 37.0. The molecule has 0 aromatic carbocycles. The minimum Gasteiger partial charge on any atom is -0.462 e. The number of rotatable bonds is 59. The Morgan fingerprint density at radius 3 is 0.827 bits per heavy atom. The van der Waals surface area contributed by atoms with Gasteiger partial charge in [-0.3, -0.25) is 14.4 Å². The van der Waals surface area contributed by atoms with Gasteiger partial charge in [0, 0.05) is 19.3 Å². The Morgan fingerprint density at radius 1 is 0.280 bits per heavy atom. The smallest absolute Gasteiger partial charge is 0.306 e. The van der Waals surface area contributed by atoms with Crippen molar-refractivity contribution in [2.24, 2.45) is 0 Å². The molecule has 0 amide bonds. The van der Waals surface area contributed by atoms with Gasteiger partial charge < -0.3 is 14.2 Å². The third-order valence-corrected chi connectivity index (χ3v) is 14.2. The quantitative estimate of drug-likeness (QED) is 0.0261. The highest BCUT2D eigenvalue weighted by Gasteiger charge is 2.19. The first-order valence-electron chi connectivity index (χ1n) is 32.4. The van der Waals surface area contributed by atoms with Crippen molar-refractivity contribution in [1.82, 2.24) is 0 Å². The van der Waals surface area contributed by atoms with Crippen LogP contribution in [0.4, 0.5) is 0 Å². The van der Waals surface area contributed by atoms with E-state index in [9.17, 15) is 14.4 Å². The molecule has 6 nitrogen and oxygen atoms in total. The van der Waals surface area contributed by atoms with Crippen LogP contribution in [0.25, 0.3) is 0 Å². The molecule has 0 bridgehead atoms. The normalized spacial score (nSPS) is 12.5. The molecule has 0 saturated heterocycles. The Labute approximate surface area is 465 Å². The van der Waals surface area contributed by atoms with Gasteiger partial charge in [-0.1, -0.05) is 293 Å². The fraction of sp³-hybridized carbons (Fsp3) is 0.783. The van der Waals surface area contributed by atoms with E-state index in [2.05, 4.69) is 93.7 Å². The Bertz CT molecular complexity index is 1390. The third-order valence-electron chi connectivity index (χ3n) is 14.2. The maximum absolute atomic E-state index is 12.8. The summed E-state index contributed by atoms with van der Waals surface area (Å²) in [4.78, 5) is 38.0. The van der Waals surface area contributed by atoms with Crippen LogP contribution in [-0.4, -0.2) is 37.2 Å². The second-order valence-electron chi connectivity index (χ2n) is 21.6. The zero-order valence-corrected chi connectivity index (χ0v) is 49.8. The zero-order chi connectivity index (χ0) is 54.3. The van der Waals surface area contributed by atoms with Crippen LogP contribution in [0.3, 0.4) is 0 Å². The van der Waals surface area contributed by atoms with Crippen molar-refractivity contribution in [3.63, 3.8) is 0 Å². The SMILES string of the molecule is CC/C=C\C/C=C\C/C=C\C/C=C\C/C=C\CCCCCCCCCCCCCCCCCCCC(=O)OCC(COC(=O)CCCCCCCCC)OC(=O)CCCCCCCCC/C=C\CCCCCCCC. The lowest BCUT2D eigenvalue weighted by Crippen LogP contribution is -2.30. The topological polar surface area (TPSA) is 78.9 Å². The number of allylic oxidation sites excluding steroid dienone is 12. The van der Waals surface area contributed by atoms with Crippen molar-refractivity contribution in [3.8, 4) is 0 Å². The van der Waals surface area contributed by atoms with Crippen molar-refractivity contribution in [1.29, 1.82) is 0 Å². The van der Waals surface area contributed by atoms with Crippen molar-refractivity contribution in [2.75, 3.05) is 13.2 Å². The Kier molecular flexibility index (Phi) is 60.7. The van der Waals surface area contributed by atoms with Gasteiger partial charge in [-0.05, 0) is 89.9 Å². The number of hydrogen-bond acceptors (Lipinski definition) is 6. The highest BCUT2D eigenvalue weighted by molar-refractivity contribution is 5.71.